The number of ether oxygens (including phenoxy) is 2. The van der Waals surface area contributed by atoms with E-state index in [1.807, 2.05) is 0 Å². The Bertz CT molecular complexity index is 1720. The van der Waals surface area contributed by atoms with E-state index in [1.54, 1.807) is 13.2 Å². The second-order valence-electron chi connectivity index (χ2n) is 10.2. The lowest BCUT2D eigenvalue weighted by Crippen LogP contribution is -2.51. The Kier molecular flexibility index (Phi) is 6.84. The number of benzene rings is 2. The van der Waals surface area contributed by atoms with Crippen molar-refractivity contribution in [1.29, 1.82) is 0 Å². The number of nitrogens with two attached hydrogens (primary N) is 1. The Labute approximate surface area is 236 Å². The van der Waals surface area contributed by atoms with E-state index in [0.29, 0.717) is 10.9 Å². The molecule has 4 N–H and O–H groups in total. The van der Waals surface area contributed by atoms with E-state index in [9.17, 15) is 32.3 Å². The molecule has 1 aliphatic rings. The summed E-state index contributed by atoms with van der Waals surface area (Å²) >= 11 is 0. The summed E-state index contributed by atoms with van der Waals surface area (Å²) in [6.45, 7) is -0.252. The Hall–Kier alpha value is -4.72. The predicted octanol–water partition coefficient (Wildman–Crippen LogP) is 3.10. The number of fused-ring (bicyclic) bond motifs is 2. The number of methoxy groups -OCH3 is 1. The quantitative estimate of drug-likeness (QED) is 0.282. The van der Waals surface area contributed by atoms with Crippen LogP contribution in [0.1, 0.15) is 28.5 Å². The van der Waals surface area contributed by atoms with Gasteiger partial charge in [-0.2, -0.15) is 18.3 Å². The molecule has 0 saturated heterocycles. The monoisotopic (exact) mass is 587 g/mol. The highest BCUT2D eigenvalue weighted by Crippen LogP contribution is 2.47. The number of aromatic nitrogens is 3. The smallest absolute Gasteiger partial charge is 0.424 e. The minimum atomic E-state index is -5.35. The highest BCUT2D eigenvalue weighted by Gasteiger charge is 2.57. The lowest BCUT2D eigenvalue weighted by Gasteiger charge is -2.31. The van der Waals surface area contributed by atoms with Gasteiger partial charge < -0.3 is 25.6 Å². The van der Waals surface area contributed by atoms with E-state index < -0.39 is 47.1 Å². The van der Waals surface area contributed by atoms with Gasteiger partial charge in [-0.05, 0) is 49.4 Å². The summed E-state index contributed by atoms with van der Waals surface area (Å²) in [6.07, 6.45) is -3.75. The Morgan fingerprint density at radius 3 is 2.52 bits per heavy atom. The molecule has 2 amide bonds. The normalized spacial score (nSPS) is 17.8. The molecule has 10 nitrogen and oxygen atoms in total. The van der Waals surface area contributed by atoms with Crippen molar-refractivity contribution in [3.8, 4) is 22.8 Å². The molecule has 2 atom stereocenters. The van der Waals surface area contributed by atoms with E-state index in [-0.39, 0.29) is 40.5 Å². The van der Waals surface area contributed by atoms with Crippen molar-refractivity contribution in [2.45, 2.75) is 24.1 Å². The average Bonchev–Trinajstić information content (AvgIpc) is 3.50. The Morgan fingerprint density at radius 2 is 1.90 bits per heavy atom. The maximum Gasteiger partial charge on any atom is 0.424 e. The van der Waals surface area contributed by atoms with Crippen molar-refractivity contribution in [3.63, 3.8) is 0 Å². The first-order valence-corrected chi connectivity index (χ1v) is 12.5. The number of alkyl halides is 3. The summed E-state index contributed by atoms with van der Waals surface area (Å²) in [7, 11) is 3.01. The lowest BCUT2D eigenvalue weighted by atomic mass is 9.81. The van der Waals surface area contributed by atoms with E-state index in [0.717, 1.165) is 18.2 Å². The molecule has 1 unspecified atom stereocenters. The van der Waals surface area contributed by atoms with Crippen molar-refractivity contribution in [3.05, 3.63) is 71.3 Å². The van der Waals surface area contributed by atoms with Crippen LogP contribution in [0.2, 0.25) is 0 Å². The van der Waals surface area contributed by atoms with Crippen LogP contribution in [-0.2, 0) is 22.9 Å². The van der Waals surface area contributed by atoms with Gasteiger partial charge >= 0.3 is 6.18 Å². The second kappa shape index (κ2) is 9.98. The molecule has 2 aromatic heterocycles. The number of nitrogens with zero attached hydrogens (tertiary/aromatic N) is 3. The summed E-state index contributed by atoms with van der Waals surface area (Å²) in [6, 6.07) is 8.30. The van der Waals surface area contributed by atoms with Crippen LogP contribution in [0.3, 0.4) is 0 Å². The first-order chi connectivity index (χ1) is 19.7. The molecule has 5 rings (SSSR count). The number of rotatable bonds is 7. The van der Waals surface area contributed by atoms with Gasteiger partial charge in [0, 0.05) is 35.3 Å². The fraction of sp³-hybridized carbons (Fsp3) is 0.286. The van der Waals surface area contributed by atoms with Crippen LogP contribution in [0, 0.1) is 5.82 Å². The maximum absolute atomic E-state index is 14.6. The van der Waals surface area contributed by atoms with Gasteiger partial charge in [0.15, 0.2) is 0 Å². The largest absolute Gasteiger partial charge is 0.494 e. The first-order valence-electron chi connectivity index (χ1n) is 12.5. The first kappa shape index (κ1) is 28.8. The molecular weight excluding hydrogens is 562 g/mol. The van der Waals surface area contributed by atoms with E-state index in [4.69, 9.17) is 15.2 Å². The number of hydrogen-bond donors (Lipinski definition) is 3. The van der Waals surface area contributed by atoms with Gasteiger partial charge in [0.1, 0.15) is 40.5 Å². The minimum absolute atomic E-state index is 0.0305. The number of pyridine rings is 1. The van der Waals surface area contributed by atoms with Crippen molar-refractivity contribution in [2.75, 3.05) is 20.3 Å². The zero-order valence-corrected chi connectivity index (χ0v) is 22.5. The molecule has 0 fully saturated rings. The summed E-state index contributed by atoms with van der Waals surface area (Å²) < 4.78 is 69.9. The van der Waals surface area contributed by atoms with Crippen LogP contribution in [-0.4, -0.2) is 58.1 Å². The van der Waals surface area contributed by atoms with Crippen molar-refractivity contribution >= 4 is 22.7 Å². The van der Waals surface area contributed by atoms with Gasteiger partial charge in [-0.3, -0.25) is 14.3 Å². The number of aryl methyl sites for hydroxylation is 1. The van der Waals surface area contributed by atoms with E-state index >= 15 is 0 Å². The fourth-order valence-electron chi connectivity index (χ4n) is 4.76. The summed E-state index contributed by atoms with van der Waals surface area (Å²) in [5.41, 5.74) is -0.283. The van der Waals surface area contributed by atoms with E-state index in [2.05, 4.69) is 15.4 Å². The molecule has 0 radical (unpaired) electrons. The van der Waals surface area contributed by atoms with Gasteiger partial charge in [0.05, 0.1) is 19.3 Å². The summed E-state index contributed by atoms with van der Waals surface area (Å²) in [5.74, 6) is -2.24. The van der Waals surface area contributed by atoms with Crippen LogP contribution in [0.4, 0.5) is 17.6 Å². The zero-order chi connectivity index (χ0) is 30.6. The zero-order valence-electron chi connectivity index (χ0n) is 22.5. The molecule has 1 aliphatic heterocycles. The summed E-state index contributed by atoms with van der Waals surface area (Å²) in [4.78, 5) is 29.5. The summed E-state index contributed by atoms with van der Waals surface area (Å²) in [5, 5.41) is 18.1. The van der Waals surface area contributed by atoms with Crippen molar-refractivity contribution < 1.29 is 41.7 Å². The molecule has 0 spiro atoms. The van der Waals surface area contributed by atoms with Gasteiger partial charge in [-0.1, -0.05) is 0 Å². The topological polar surface area (TPSA) is 142 Å². The molecule has 4 aromatic rings. The molecule has 0 aliphatic carbocycles. The third-order valence-electron chi connectivity index (χ3n) is 7.30. The number of aliphatic hydroxyl groups is 1. The molecule has 3 heterocycles. The van der Waals surface area contributed by atoms with Crippen LogP contribution in [0.5, 0.6) is 11.5 Å². The Morgan fingerprint density at radius 1 is 1.21 bits per heavy atom. The Balaban J connectivity index is 1.59. The van der Waals surface area contributed by atoms with Crippen LogP contribution < -0.4 is 20.5 Å². The van der Waals surface area contributed by atoms with Crippen LogP contribution >= 0.6 is 0 Å². The lowest BCUT2D eigenvalue weighted by molar-refractivity contribution is -0.265. The van der Waals surface area contributed by atoms with Crippen LogP contribution in [0.15, 0.2) is 48.7 Å². The van der Waals surface area contributed by atoms with Gasteiger partial charge in [0.2, 0.25) is 11.5 Å². The molecule has 0 saturated carbocycles. The number of amides is 2. The predicted molar refractivity (Wildman–Crippen MR) is 141 cm³/mol. The van der Waals surface area contributed by atoms with Crippen molar-refractivity contribution in [2.24, 2.45) is 12.8 Å². The standard InChI is InChI=1S/C28H25F4N5O5/c1-26(25(33)39)13-42-23-18(26)10-20(35-22(23)14-4-6-17(29)7-5-14)27(40,28(30,31)32)12-34-24(38)15-8-16-11-37(2)36-21(16)19(9-15)41-3/h4-11,40H,12-13H2,1-3H3,(H2,33,39)(H,34,38)/t26-,27?/m0/s1. The highest BCUT2D eigenvalue weighted by atomic mass is 19.4. The number of hydrogen-bond acceptors (Lipinski definition) is 7. The van der Waals surface area contributed by atoms with Crippen molar-refractivity contribution in [1.82, 2.24) is 20.1 Å². The molecule has 42 heavy (non-hydrogen) atoms. The fourth-order valence-corrected chi connectivity index (χ4v) is 4.76. The average molecular weight is 588 g/mol. The maximum atomic E-state index is 14.6. The van der Waals surface area contributed by atoms with E-state index in [1.165, 1.54) is 43.0 Å². The highest BCUT2D eigenvalue weighted by molar-refractivity contribution is 6.00. The van der Waals surface area contributed by atoms with Gasteiger partial charge in [0.25, 0.3) is 5.91 Å². The molecule has 14 heteroatoms. The molecule has 0 bridgehead atoms. The molecule has 2 aromatic carbocycles. The SMILES string of the molecule is COc1cc(C(=O)NCC(O)(c2cc3c(c(-c4ccc(F)cc4)n2)OC[C@]3(C)C(N)=O)C(F)(F)F)cc2cn(C)nc12. The third kappa shape index (κ3) is 4.66. The second-order valence-corrected chi connectivity index (χ2v) is 10.2. The number of primary amides is 1. The number of halogens is 4. The number of nitrogens with one attached hydrogen (secondary N) is 1. The molecule has 220 valence electrons. The van der Waals surface area contributed by atoms with Gasteiger partial charge in [-0.25, -0.2) is 9.37 Å². The van der Waals surface area contributed by atoms with Gasteiger partial charge in [-0.15, -0.1) is 0 Å². The number of carbonyl (C=O) groups is 2. The third-order valence-corrected chi connectivity index (χ3v) is 7.30. The molecular formula is C28H25F4N5O5. The van der Waals surface area contributed by atoms with Crippen LogP contribution in [0.25, 0.3) is 22.2 Å². The minimum Gasteiger partial charge on any atom is -0.494 e. The number of carbonyl (C=O) groups excluding carboxylic acids is 2.